The van der Waals surface area contributed by atoms with Gasteiger partial charge < -0.3 is 15.3 Å². The maximum atomic E-state index is 10.2. The Kier molecular flexibility index (Phi) is 8.57. The quantitative estimate of drug-likeness (QED) is 0.492. The molecule has 0 radical (unpaired) electrons. The van der Waals surface area contributed by atoms with Gasteiger partial charge in [-0.25, -0.2) is 0 Å². The standard InChI is InChI=1S/C10H20O4/c11-8-3-1-2-5-9(12)6-4-7-10(13)14/h9,11-12H,1-8H2,(H,13,14). The third-order valence-corrected chi connectivity index (χ3v) is 2.12. The number of aliphatic hydroxyl groups is 2. The van der Waals surface area contributed by atoms with Crippen molar-refractivity contribution in [1.82, 2.24) is 0 Å². The zero-order valence-electron chi connectivity index (χ0n) is 8.48. The van der Waals surface area contributed by atoms with Crippen molar-refractivity contribution in [3.63, 3.8) is 0 Å². The molecule has 0 amide bonds. The highest BCUT2D eigenvalue weighted by Crippen LogP contribution is 2.09. The summed E-state index contributed by atoms with van der Waals surface area (Å²) in [6.45, 7) is 0.203. The molecule has 0 heterocycles. The van der Waals surface area contributed by atoms with Gasteiger partial charge in [0.1, 0.15) is 0 Å². The highest BCUT2D eigenvalue weighted by Gasteiger charge is 2.05. The van der Waals surface area contributed by atoms with Crippen LogP contribution in [-0.4, -0.2) is 34.0 Å². The smallest absolute Gasteiger partial charge is 0.303 e. The van der Waals surface area contributed by atoms with E-state index in [9.17, 15) is 9.90 Å². The first kappa shape index (κ1) is 13.4. The summed E-state index contributed by atoms with van der Waals surface area (Å²) >= 11 is 0. The second-order valence-electron chi connectivity index (χ2n) is 3.51. The average Bonchev–Trinajstić information content (AvgIpc) is 2.12. The predicted octanol–water partition coefficient (Wildman–Crippen LogP) is 1.15. The molecule has 0 aromatic rings. The zero-order chi connectivity index (χ0) is 10.8. The molecule has 14 heavy (non-hydrogen) atoms. The summed E-state index contributed by atoms with van der Waals surface area (Å²) in [5.74, 6) is -0.808. The van der Waals surface area contributed by atoms with E-state index in [1.165, 1.54) is 0 Å². The van der Waals surface area contributed by atoms with E-state index in [1.54, 1.807) is 0 Å². The van der Waals surface area contributed by atoms with Gasteiger partial charge in [-0.1, -0.05) is 12.8 Å². The number of hydrogen-bond donors (Lipinski definition) is 3. The Morgan fingerprint density at radius 3 is 2.29 bits per heavy atom. The van der Waals surface area contributed by atoms with Gasteiger partial charge in [0.2, 0.25) is 0 Å². The summed E-state index contributed by atoms with van der Waals surface area (Å²) in [4.78, 5) is 10.2. The van der Waals surface area contributed by atoms with Crippen molar-refractivity contribution < 1.29 is 20.1 Å². The van der Waals surface area contributed by atoms with Crippen molar-refractivity contribution in [3.05, 3.63) is 0 Å². The highest BCUT2D eigenvalue weighted by atomic mass is 16.4. The van der Waals surface area contributed by atoms with Crippen LogP contribution >= 0.6 is 0 Å². The van der Waals surface area contributed by atoms with Crippen LogP contribution in [0.5, 0.6) is 0 Å². The lowest BCUT2D eigenvalue weighted by molar-refractivity contribution is -0.137. The van der Waals surface area contributed by atoms with Crippen molar-refractivity contribution in [2.24, 2.45) is 0 Å². The summed E-state index contributed by atoms with van der Waals surface area (Å²) in [6.07, 6.45) is 4.16. The molecule has 0 aliphatic rings. The van der Waals surface area contributed by atoms with Gasteiger partial charge in [0.15, 0.2) is 0 Å². The minimum atomic E-state index is -0.808. The lowest BCUT2D eigenvalue weighted by Crippen LogP contribution is -2.07. The first-order valence-electron chi connectivity index (χ1n) is 5.17. The lowest BCUT2D eigenvalue weighted by atomic mass is 10.1. The molecule has 0 rings (SSSR count). The summed E-state index contributed by atoms with van der Waals surface area (Å²) in [6, 6.07) is 0. The molecule has 0 spiro atoms. The van der Waals surface area contributed by atoms with Gasteiger partial charge in [0.05, 0.1) is 6.10 Å². The molecule has 4 nitrogen and oxygen atoms in total. The number of aliphatic hydroxyl groups excluding tert-OH is 2. The average molecular weight is 204 g/mol. The fourth-order valence-corrected chi connectivity index (χ4v) is 1.30. The Morgan fingerprint density at radius 1 is 1.07 bits per heavy atom. The number of hydrogen-bond acceptors (Lipinski definition) is 3. The summed E-state index contributed by atoms with van der Waals surface area (Å²) in [5.41, 5.74) is 0. The van der Waals surface area contributed by atoms with Crippen LogP contribution in [-0.2, 0) is 4.79 Å². The maximum absolute atomic E-state index is 10.2. The van der Waals surface area contributed by atoms with Gasteiger partial charge in [0, 0.05) is 13.0 Å². The van der Waals surface area contributed by atoms with Gasteiger partial charge in [-0.05, 0) is 25.7 Å². The summed E-state index contributed by atoms with van der Waals surface area (Å²) in [7, 11) is 0. The topological polar surface area (TPSA) is 77.8 Å². The van der Waals surface area contributed by atoms with Crippen molar-refractivity contribution in [2.75, 3.05) is 6.61 Å². The molecule has 0 aliphatic carbocycles. The van der Waals surface area contributed by atoms with Crippen LogP contribution in [0.2, 0.25) is 0 Å². The molecule has 0 saturated carbocycles. The summed E-state index contributed by atoms with van der Waals surface area (Å²) in [5, 5.41) is 26.3. The van der Waals surface area contributed by atoms with Gasteiger partial charge in [-0.2, -0.15) is 0 Å². The number of rotatable bonds is 9. The maximum Gasteiger partial charge on any atom is 0.303 e. The van der Waals surface area contributed by atoms with Gasteiger partial charge in [-0.3, -0.25) is 4.79 Å². The molecule has 84 valence electrons. The Labute approximate surface area is 84.6 Å². The second-order valence-corrected chi connectivity index (χ2v) is 3.51. The molecule has 1 unspecified atom stereocenters. The van der Waals surface area contributed by atoms with E-state index in [1.807, 2.05) is 0 Å². The van der Waals surface area contributed by atoms with Gasteiger partial charge >= 0.3 is 5.97 Å². The second kappa shape index (κ2) is 8.97. The van der Waals surface area contributed by atoms with Crippen LogP contribution in [0, 0.1) is 0 Å². The van der Waals surface area contributed by atoms with Crippen LogP contribution in [0.1, 0.15) is 44.9 Å². The molecule has 1 atom stereocenters. The fraction of sp³-hybridized carbons (Fsp3) is 0.900. The minimum Gasteiger partial charge on any atom is -0.481 e. The molecular weight excluding hydrogens is 184 g/mol. The van der Waals surface area contributed by atoms with Gasteiger partial charge in [0.25, 0.3) is 0 Å². The molecular formula is C10H20O4. The molecule has 4 heteroatoms. The van der Waals surface area contributed by atoms with E-state index in [0.29, 0.717) is 19.3 Å². The molecule has 0 aromatic carbocycles. The largest absolute Gasteiger partial charge is 0.481 e. The van der Waals surface area contributed by atoms with Crippen LogP contribution in [0.15, 0.2) is 0 Å². The number of carbonyl (C=O) groups is 1. The van der Waals surface area contributed by atoms with E-state index in [-0.39, 0.29) is 19.1 Å². The number of carboxylic acid groups (broad SMARTS) is 1. The Morgan fingerprint density at radius 2 is 1.71 bits per heavy atom. The van der Waals surface area contributed by atoms with Crippen molar-refractivity contribution >= 4 is 5.97 Å². The van der Waals surface area contributed by atoms with E-state index >= 15 is 0 Å². The van der Waals surface area contributed by atoms with Crippen molar-refractivity contribution in [2.45, 2.75) is 51.0 Å². The van der Waals surface area contributed by atoms with Crippen LogP contribution in [0.25, 0.3) is 0 Å². The first-order valence-corrected chi connectivity index (χ1v) is 5.17. The third-order valence-electron chi connectivity index (χ3n) is 2.12. The van der Waals surface area contributed by atoms with E-state index in [2.05, 4.69) is 0 Å². The Bertz CT molecular complexity index is 147. The molecule has 0 fully saturated rings. The molecule has 0 aromatic heterocycles. The van der Waals surface area contributed by atoms with Gasteiger partial charge in [-0.15, -0.1) is 0 Å². The molecule has 0 bridgehead atoms. The van der Waals surface area contributed by atoms with Crippen LogP contribution < -0.4 is 0 Å². The zero-order valence-corrected chi connectivity index (χ0v) is 8.48. The molecule has 0 aliphatic heterocycles. The Balaban J connectivity index is 3.19. The Hall–Kier alpha value is -0.610. The minimum absolute atomic E-state index is 0.133. The van der Waals surface area contributed by atoms with E-state index < -0.39 is 5.97 Å². The van der Waals surface area contributed by atoms with E-state index in [0.717, 1.165) is 19.3 Å². The van der Waals surface area contributed by atoms with Crippen molar-refractivity contribution in [1.29, 1.82) is 0 Å². The van der Waals surface area contributed by atoms with Crippen molar-refractivity contribution in [3.8, 4) is 0 Å². The third kappa shape index (κ3) is 9.48. The highest BCUT2D eigenvalue weighted by molar-refractivity contribution is 5.66. The first-order chi connectivity index (χ1) is 6.66. The lowest BCUT2D eigenvalue weighted by Gasteiger charge is -2.08. The number of unbranched alkanes of at least 4 members (excludes halogenated alkanes) is 2. The molecule has 0 saturated heterocycles. The predicted molar refractivity (Wildman–Crippen MR) is 53.0 cm³/mol. The molecule has 3 N–H and O–H groups in total. The van der Waals surface area contributed by atoms with Crippen LogP contribution in [0.3, 0.4) is 0 Å². The van der Waals surface area contributed by atoms with Crippen LogP contribution in [0.4, 0.5) is 0 Å². The van der Waals surface area contributed by atoms with E-state index in [4.69, 9.17) is 10.2 Å². The fourth-order valence-electron chi connectivity index (χ4n) is 1.30. The summed E-state index contributed by atoms with van der Waals surface area (Å²) < 4.78 is 0. The monoisotopic (exact) mass is 204 g/mol. The normalized spacial score (nSPS) is 12.7. The number of aliphatic carboxylic acids is 1. The SMILES string of the molecule is O=C(O)CCCC(O)CCCCCO. The number of carboxylic acids is 1.